The molecule has 1 heterocycles. The van der Waals surface area contributed by atoms with Gasteiger partial charge in [0.25, 0.3) is 5.56 Å². The highest BCUT2D eigenvalue weighted by Crippen LogP contribution is 2.22. The van der Waals surface area contributed by atoms with Crippen LogP contribution >= 0.6 is 11.8 Å². The van der Waals surface area contributed by atoms with Gasteiger partial charge in [-0.1, -0.05) is 41.6 Å². The van der Waals surface area contributed by atoms with Gasteiger partial charge in [0.05, 0.1) is 29.3 Å². The van der Waals surface area contributed by atoms with Crippen molar-refractivity contribution in [2.75, 3.05) is 12.4 Å². The third kappa shape index (κ3) is 3.36. The molecular weight excluding hydrogens is 324 g/mol. The summed E-state index contributed by atoms with van der Waals surface area (Å²) >= 11 is 1.25. The minimum atomic E-state index is -0.857. The summed E-state index contributed by atoms with van der Waals surface area (Å²) < 4.78 is 1.55. The molecule has 0 saturated heterocycles. The first-order chi connectivity index (χ1) is 11.6. The lowest BCUT2D eigenvalue weighted by atomic mass is 10.2. The van der Waals surface area contributed by atoms with Crippen molar-refractivity contribution in [3.05, 3.63) is 64.4 Å². The lowest BCUT2D eigenvalue weighted by Gasteiger charge is -2.14. The van der Waals surface area contributed by atoms with Crippen molar-refractivity contribution in [1.29, 1.82) is 0 Å². The van der Waals surface area contributed by atoms with E-state index < -0.39 is 6.10 Å². The maximum absolute atomic E-state index is 12.9. The molecule has 2 aromatic carbocycles. The summed E-state index contributed by atoms with van der Waals surface area (Å²) in [5.41, 5.74) is 2.30. The smallest absolute Gasteiger partial charge is 0.266 e. The van der Waals surface area contributed by atoms with E-state index in [0.29, 0.717) is 16.1 Å². The SMILES string of the molecule is Cc1ccc(-n2c(SCC(O)CO)nc3ccccc3c2=O)cc1. The fourth-order valence-corrected chi connectivity index (χ4v) is 3.28. The molecule has 0 spiro atoms. The Labute approximate surface area is 143 Å². The fourth-order valence-electron chi connectivity index (χ4n) is 2.35. The number of hydrogen-bond acceptors (Lipinski definition) is 5. The molecule has 2 N–H and O–H groups in total. The van der Waals surface area contributed by atoms with Gasteiger partial charge < -0.3 is 10.2 Å². The highest BCUT2D eigenvalue weighted by atomic mass is 32.2. The van der Waals surface area contributed by atoms with E-state index in [9.17, 15) is 9.90 Å². The molecule has 0 radical (unpaired) electrons. The van der Waals surface area contributed by atoms with Crippen molar-refractivity contribution in [2.45, 2.75) is 18.2 Å². The summed E-state index contributed by atoms with van der Waals surface area (Å²) in [5.74, 6) is 0.257. The van der Waals surface area contributed by atoms with Crippen LogP contribution in [-0.4, -0.2) is 38.2 Å². The van der Waals surface area contributed by atoms with Crippen LogP contribution in [0.15, 0.2) is 58.5 Å². The zero-order valence-corrected chi connectivity index (χ0v) is 14.0. The van der Waals surface area contributed by atoms with Gasteiger partial charge in [-0.3, -0.25) is 9.36 Å². The molecule has 24 heavy (non-hydrogen) atoms. The highest BCUT2D eigenvalue weighted by molar-refractivity contribution is 7.99. The lowest BCUT2D eigenvalue weighted by Crippen LogP contribution is -2.23. The van der Waals surface area contributed by atoms with Crippen molar-refractivity contribution in [3.63, 3.8) is 0 Å². The second-order valence-corrected chi connectivity index (χ2v) is 6.52. The number of aliphatic hydroxyl groups is 2. The Hall–Kier alpha value is -2.15. The van der Waals surface area contributed by atoms with Gasteiger partial charge in [0, 0.05) is 5.75 Å². The van der Waals surface area contributed by atoms with Crippen LogP contribution in [0.25, 0.3) is 16.6 Å². The Morgan fingerprint density at radius 3 is 2.58 bits per heavy atom. The van der Waals surface area contributed by atoms with Crippen LogP contribution in [0, 0.1) is 6.92 Å². The molecule has 0 amide bonds. The number of aromatic nitrogens is 2. The van der Waals surface area contributed by atoms with Gasteiger partial charge in [-0.2, -0.15) is 0 Å². The normalized spacial score (nSPS) is 12.5. The maximum atomic E-state index is 12.9. The third-order valence-electron chi connectivity index (χ3n) is 3.65. The number of fused-ring (bicyclic) bond motifs is 1. The van der Waals surface area contributed by atoms with Gasteiger partial charge >= 0.3 is 0 Å². The van der Waals surface area contributed by atoms with Crippen LogP contribution in [0.4, 0.5) is 0 Å². The first kappa shape index (κ1) is 16.7. The molecule has 0 bridgehead atoms. The van der Waals surface area contributed by atoms with Crippen molar-refractivity contribution in [1.82, 2.24) is 9.55 Å². The van der Waals surface area contributed by atoms with E-state index in [4.69, 9.17) is 5.11 Å². The van der Waals surface area contributed by atoms with Gasteiger partial charge in [-0.15, -0.1) is 0 Å². The number of benzene rings is 2. The number of aryl methyl sites for hydroxylation is 1. The van der Waals surface area contributed by atoms with E-state index in [1.807, 2.05) is 43.3 Å². The largest absolute Gasteiger partial charge is 0.394 e. The molecule has 1 atom stereocenters. The molecule has 1 aromatic heterocycles. The zero-order chi connectivity index (χ0) is 17.1. The third-order valence-corrected chi connectivity index (χ3v) is 4.74. The second kappa shape index (κ2) is 7.17. The Balaban J connectivity index is 2.17. The van der Waals surface area contributed by atoms with Crippen LogP contribution in [0.2, 0.25) is 0 Å². The predicted octanol–water partition coefficient (Wildman–Crippen LogP) is 2.14. The van der Waals surface area contributed by atoms with Gasteiger partial charge in [0.15, 0.2) is 5.16 Å². The van der Waals surface area contributed by atoms with Gasteiger partial charge in [0.2, 0.25) is 0 Å². The quantitative estimate of drug-likeness (QED) is 0.549. The molecule has 3 rings (SSSR count). The van der Waals surface area contributed by atoms with Crippen molar-refractivity contribution in [2.24, 2.45) is 0 Å². The van der Waals surface area contributed by atoms with E-state index in [1.165, 1.54) is 11.8 Å². The van der Waals surface area contributed by atoms with Crippen molar-refractivity contribution >= 4 is 22.7 Å². The average Bonchev–Trinajstić information content (AvgIpc) is 2.61. The number of aliphatic hydroxyl groups excluding tert-OH is 2. The molecule has 6 heteroatoms. The second-order valence-electron chi connectivity index (χ2n) is 5.54. The minimum absolute atomic E-state index is 0.148. The summed E-state index contributed by atoms with van der Waals surface area (Å²) in [7, 11) is 0. The summed E-state index contributed by atoms with van der Waals surface area (Å²) in [6.07, 6.45) is -0.857. The van der Waals surface area contributed by atoms with Gasteiger partial charge in [0.1, 0.15) is 0 Å². The molecule has 0 aliphatic heterocycles. The molecular formula is C18H18N2O3S. The van der Waals surface area contributed by atoms with Crippen LogP contribution in [0.5, 0.6) is 0 Å². The molecule has 5 nitrogen and oxygen atoms in total. The topological polar surface area (TPSA) is 75.3 Å². The van der Waals surface area contributed by atoms with Crippen molar-refractivity contribution in [3.8, 4) is 5.69 Å². The number of para-hydroxylation sites is 1. The Bertz CT molecular complexity index is 906. The van der Waals surface area contributed by atoms with E-state index in [0.717, 1.165) is 11.3 Å². The van der Waals surface area contributed by atoms with E-state index >= 15 is 0 Å². The summed E-state index contributed by atoms with van der Waals surface area (Å²) in [6, 6.07) is 14.8. The molecule has 124 valence electrons. The van der Waals surface area contributed by atoms with Gasteiger partial charge in [-0.05, 0) is 31.2 Å². The van der Waals surface area contributed by atoms with Crippen LogP contribution in [0.1, 0.15) is 5.56 Å². The van der Waals surface area contributed by atoms with E-state index in [2.05, 4.69) is 4.98 Å². The maximum Gasteiger partial charge on any atom is 0.266 e. The number of thioether (sulfide) groups is 1. The summed E-state index contributed by atoms with van der Waals surface area (Å²) in [4.78, 5) is 17.5. The molecule has 1 unspecified atom stereocenters. The number of nitrogens with zero attached hydrogens (tertiary/aromatic N) is 2. The van der Waals surface area contributed by atoms with Crippen LogP contribution in [-0.2, 0) is 0 Å². The first-order valence-corrected chi connectivity index (χ1v) is 8.59. The molecule has 0 aliphatic rings. The molecule has 3 aromatic rings. The molecule has 0 saturated carbocycles. The standard InChI is InChI=1S/C18H18N2O3S/c1-12-6-8-13(9-7-12)20-17(23)15-4-2-3-5-16(15)19-18(20)24-11-14(22)10-21/h2-9,14,21-22H,10-11H2,1H3. The van der Waals surface area contributed by atoms with Crippen LogP contribution < -0.4 is 5.56 Å². The number of rotatable bonds is 5. The van der Waals surface area contributed by atoms with E-state index in [1.54, 1.807) is 16.7 Å². The Kier molecular flexibility index (Phi) is 4.99. The van der Waals surface area contributed by atoms with Crippen molar-refractivity contribution < 1.29 is 10.2 Å². The van der Waals surface area contributed by atoms with E-state index in [-0.39, 0.29) is 17.9 Å². The highest BCUT2D eigenvalue weighted by Gasteiger charge is 2.14. The monoisotopic (exact) mass is 342 g/mol. The van der Waals surface area contributed by atoms with Gasteiger partial charge in [-0.25, -0.2) is 4.98 Å². The fraction of sp³-hybridized carbons (Fsp3) is 0.222. The molecule has 0 fully saturated rings. The zero-order valence-electron chi connectivity index (χ0n) is 13.2. The summed E-state index contributed by atoms with van der Waals surface area (Å²) in [6.45, 7) is 1.66. The Morgan fingerprint density at radius 1 is 1.17 bits per heavy atom. The Morgan fingerprint density at radius 2 is 1.88 bits per heavy atom. The molecule has 0 aliphatic carbocycles. The number of hydrogen-bond donors (Lipinski definition) is 2. The lowest BCUT2D eigenvalue weighted by molar-refractivity contribution is 0.113. The average molecular weight is 342 g/mol. The minimum Gasteiger partial charge on any atom is -0.394 e. The predicted molar refractivity (Wildman–Crippen MR) is 95.9 cm³/mol. The van der Waals surface area contributed by atoms with Crippen LogP contribution in [0.3, 0.4) is 0 Å². The summed E-state index contributed by atoms with van der Waals surface area (Å²) in [5, 5.41) is 19.7. The first-order valence-electron chi connectivity index (χ1n) is 7.60.